The predicted octanol–water partition coefficient (Wildman–Crippen LogP) is 4.00. The highest BCUT2D eigenvalue weighted by Gasteiger charge is 2.41. The number of amides is 1. The zero-order valence-electron chi connectivity index (χ0n) is 18.7. The average molecular weight is 429 g/mol. The Morgan fingerprint density at radius 2 is 1.77 bits per heavy atom. The first kappa shape index (κ1) is 21.3. The minimum Gasteiger partial charge on any atom is -0.478 e. The lowest BCUT2D eigenvalue weighted by molar-refractivity contribution is 0.0113. The number of hydrazine groups is 1. The van der Waals surface area contributed by atoms with Gasteiger partial charge in [-0.15, -0.1) is 0 Å². The van der Waals surface area contributed by atoms with Gasteiger partial charge in [-0.2, -0.15) is 0 Å². The number of fused-ring (bicyclic) bond motifs is 1. The maximum Gasteiger partial charge on any atom is 0.410 e. The largest absolute Gasteiger partial charge is 0.478 e. The molecule has 1 aromatic carbocycles. The molecule has 1 saturated carbocycles. The van der Waals surface area contributed by atoms with Crippen molar-refractivity contribution in [3.8, 4) is 0 Å². The first-order valence-corrected chi connectivity index (χ1v) is 11.0. The minimum absolute atomic E-state index is 0.174. The number of nitrogens with zero attached hydrogens (tertiary/aromatic N) is 3. The van der Waals surface area contributed by atoms with Gasteiger partial charge in [0.1, 0.15) is 5.60 Å². The molecular weight excluding hydrogens is 396 g/mol. The molecule has 8 nitrogen and oxygen atoms in total. The molecule has 2 N–H and O–H groups in total. The number of piperidine rings is 1. The van der Waals surface area contributed by atoms with E-state index in [2.05, 4.69) is 10.3 Å². The van der Waals surface area contributed by atoms with Crippen LogP contribution in [-0.4, -0.2) is 64.9 Å². The summed E-state index contributed by atoms with van der Waals surface area (Å²) in [7, 11) is 1.84. The van der Waals surface area contributed by atoms with E-state index in [9.17, 15) is 14.7 Å². The number of hydrogen-bond donors (Lipinski definition) is 2. The van der Waals surface area contributed by atoms with Crippen LogP contribution in [0.5, 0.6) is 0 Å². The normalized spacial score (nSPS) is 19.0. The molecule has 1 aromatic rings. The van der Waals surface area contributed by atoms with E-state index in [4.69, 9.17) is 4.74 Å². The van der Waals surface area contributed by atoms with Crippen molar-refractivity contribution in [1.82, 2.24) is 9.91 Å². The number of anilines is 2. The van der Waals surface area contributed by atoms with Gasteiger partial charge in [0.25, 0.3) is 0 Å². The summed E-state index contributed by atoms with van der Waals surface area (Å²) < 4.78 is 5.68. The van der Waals surface area contributed by atoms with Crippen molar-refractivity contribution in [2.75, 3.05) is 30.5 Å². The van der Waals surface area contributed by atoms with E-state index >= 15 is 0 Å². The van der Waals surface area contributed by atoms with Crippen molar-refractivity contribution < 1.29 is 19.4 Å². The van der Waals surface area contributed by atoms with Crippen molar-refractivity contribution in [2.24, 2.45) is 0 Å². The topological polar surface area (TPSA) is 85.3 Å². The van der Waals surface area contributed by atoms with E-state index in [1.807, 2.05) is 51.1 Å². The highest BCUT2D eigenvalue weighted by Crippen LogP contribution is 2.38. The van der Waals surface area contributed by atoms with Crippen molar-refractivity contribution in [2.45, 2.75) is 64.1 Å². The van der Waals surface area contributed by atoms with Gasteiger partial charge < -0.3 is 19.6 Å². The Labute approximate surface area is 183 Å². The first-order valence-electron chi connectivity index (χ1n) is 11.0. The number of carboxylic acid groups (broad SMARTS) is 1. The number of rotatable bonds is 4. The molecule has 2 fully saturated rings. The molecule has 1 amide bonds. The van der Waals surface area contributed by atoms with Crippen LogP contribution in [0.15, 0.2) is 18.3 Å². The van der Waals surface area contributed by atoms with Gasteiger partial charge in [0.2, 0.25) is 0 Å². The number of hydrogen-bond acceptors (Lipinski definition) is 6. The first-order chi connectivity index (χ1) is 14.6. The van der Waals surface area contributed by atoms with Gasteiger partial charge in [-0.3, -0.25) is 10.4 Å². The summed E-state index contributed by atoms with van der Waals surface area (Å²) in [5, 5.41) is 11.3. The molecule has 1 aliphatic carbocycles. The standard InChI is InChI=1S/C23H32N4O4/c1-23(2,3)31-22(30)27(15-5-6-15)16-9-13-26(14-10-16)19-8-7-18(21(28)29)20-17(19)11-12-25(4)24-20/h7-8,11-12,15-16,24H,5-6,9-10,13-14H2,1-4H3,(H,28,29). The highest BCUT2D eigenvalue weighted by atomic mass is 16.6. The van der Waals surface area contributed by atoms with Crippen LogP contribution in [0, 0.1) is 0 Å². The molecule has 0 unspecified atom stereocenters. The van der Waals surface area contributed by atoms with E-state index in [1.165, 1.54) is 0 Å². The van der Waals surface area contributed by atoms with Crippen molar-refractivity contribution in [3.63, 3.8) is 0 Å². The summed E-state index contributed by atoms with van der Waals surface area (Å²) in [6.45, 7) is 7.32. The third-order valence-electron chi connectivity index (χ3n) is 5.95. The second-order valence-corrected chi connectivity index (χ2v) is 9.60. The zero-order chi connectivity index (χ0) is 22.3. The number of carboxylic acids is 1. The molecule has 1 saturated heterocycles. The van der Waals surface area contributed by atoms with Crippen LogP contribution >= 0.6 is 0 Å². The third-order valence-corrected chi connectivity index (χ3v) is 5.95. The maximum atomic E-state index is 12.8. The molecule has 0 aromatic heterocycles. The Morgan fingerprint density at radius 3 is 2.35 bits per heavy atom. The smallest absolute Gasteiger partial charge is 0.410 e. The predicted molar refractivity (Wildman–Crippen MR) is 120 cm³/mol. The number of ether oxygens (including phenoxy) is 1. The van der Waals surface area contributed by atoms with Crippen molar-refractivity contribution in [3.05, 3.63) is 29.5 Å². The molecule has 0 spiro atoms. The lowest BCUT2D eigenvalue weighted by atomic mass is 9.98. The number of carbonyl (C=O) groups excluding carboxylic acids is 1. The van der Waals surface area contributed by atoms with Gasteiger partial charge >= 0.3 is 12.1 Å². The molecule has 8 heteroatoms. The average Bonchev–Trinajstić information content (AvgIpc) is 3.51. The summed E-state index contributed by atoms with van der Waals surface area (Å²) in [5.74, 6) is -0.949. The molecular formula is C23H32N4O4. The van der Waals surface area contributed by atoms with E-state index in [0.29, 0.717) is 11.7 Å². The Balaban J connectivity index is 1.50. The Hall–Kier alpha value is -2.90. The SMILES string of the molecule is CN1C=Cc2c(N3CCC(N(C(=O)OC(C)(C)C)C4CC4)CC3)ccc(C(=O)O)c2N1. The van der Waals surface area contributed by atoms with E-state index in [1.54, 1.807) is 11.1 Å². The quantitative estimate of drug-likeness (QED) is 0.750. The fourth-order valence-electron chi connectivity index (χ4n) is 4.40. The molecule has 2 heterocycles. The van der Waals surface area contributed by atoms with Crippen LogP contribution in [0.3, 0.4) is 0 Å². The van der Waals surface area contributed by atoms with Gasteiger partial charge in [0.15, 0.2) is 0 Å². The number of aromatic carboxylic acids is 1. The fraction of sp³-hybridized carbons (Fsp3) is 0.565. The van der Waals surface area contributed by atoms with E-state index < -0.39 is 11.6 Å². The van der Waals surface area contributed by atoms with Crippen LogP contribution < -0.4 is 10.3 Å². The summed E-state index contributed by atoms with van der Waals surface area (Å²) in [6.07, 6.45) is 7.47. The van der Waals surface area contributed by atoms with Gasteiger partial charge in [0.05, 0.1) is 11.3 Å². The molecule has 2 aliphatic heterocycles. The lowest BCUT2D eigenvalue weighted by Crippen LogP contribution is -2.50. The third kappa shape index (κ3) is 4.57. The van der Waals surface area contributed by atoms with Gasteiger partial charge in [0, 0.05) is 49.7 Å². The summed E-state index contributed by atoms with van der Waals surface area (Å²) in [5.41, 5.74) is 5.43. The highest BCUT2D eigenvalue weighted by molar-refractivity contribution is 5.99. The molecule has 0 radical (unpaired) electrons. The molecule has 3 aliphatic rings. The Morgan fingerprint density at radius 1 is 1.13 bits per heavy atom. The molecule has 0 bridgehead atoms. The van der Waals surface area contributed by atoms with Crippen molar-refractivity contribution >= 4 is 29.5 Å². The minimum atomic E-state index is -0.949. The monoisotopic (exact) mass is 428 g/mol. The maximum absolute atomic E-state index is 12.8. The van der Waals surface area contributed by atoms with Gasteiger partial charge in [-0.1, -0.05) is 0 Å². The van der Waals surface area contributed by atoms with Gasteiger partial charge in [-0.25, -0.2) is 9.59 Å². The van der Waals surface area contributed by atoms with Crippen LogP contribution in [0.25, 0.3) is 6.08 Å². The van der Waals surface area contributed by atoms with E-state index in [-0.39, 0.29) is 17.7 Å². The Kier molecular flexibility index (Phi) is 5.49. The summed E-state index contributed by atoms with van der Waals surface area (Å²) in [6, 6.07) is 4.04. The number of benzene rings is 1. The fourth-order valence-corrected chi connectivity index (χ4v) is 4.40. The van der Waals surface area contributed by atoms with Gasteiger partial charge in [-0.05, 0) is 64.7 Å². The van der Waals surface area contributed by atoms with Crippen LogP contribution in [-0.2, 0) is 4.74 Å². The number of carbonyl (C=O) groups is 2. The Bertz CT molecular complexity index is 896. The van der Waals surface area contributed by atoms with Crippen molar-refractivity contribution in [1.29, 1.82) is 0 Å². The second-order valence-electron chi connectivity index (χ2n) is 9.60. The van der Waals surface area contributed by atoms with E-state index in [0.717, 1.165) is 50.0 Å². The van der Waals surface area contributed by atoms with Crippen LogP contribution in [0.1, 0.15) is 62.4 Å². The summed E-state index contributed by atoms with van der Waals surface area (Å²) in [4.78, 5) is 28.8. The molecule has 0 atom stereocenters. The number of nitrogens with one attached hydrogen (secondary N) is 1. The zero-order valence-corrected chi connectivity index (χ0v) is 18.7. The lowest BCUT2D eigenvalue weighted by Gasteiger charge is -2.41. The molecule has 31 heavy (non-hydrogen) atoms. The summed E-state index contributed by atoms with van der Waals surface area (Å²) >= 11 is 0. The van der Waals surface area contributed by atoms with Crippen LogP contribution in [0.2, 0.25) is 0 Å². The second kappa shape index (κ2) is 7.98. The van der Waals surface area contributed by atoms with Crippen LogP contribution in [0.4, 0.5) is 16.2 Å². The molecule has 4 rings (SSSR count). The molecule has 168 valence electrons.